The molecule has 2 atom stereocenters. The van der Waals surface area contributed by atoms with Gasteiger partial charge in [-0.25, -0.2) is 0 Å². The van der Waals surface area contributed by atoms with Crippen LogP contribution >= 0.6 is 0 Å². The molecule has 164 valence electrons. The van der Waals surface area contributed by atoms with E-state index in [2.05, 4.69) is 41.5 Å². The average molecular weight is 397 g/mol. The average Bonchev–Trinajstić information content (AvgIpc) is 2.53. The zero-order valence-corrected chi connectivity index (χ0v) is 19.6. The summed E-state index contributed by atoms with van der Waals surface area (Å²) >= 11 is 0. The van der Waals surface area contributed by atoms with Gasteiger partial charge < -0.3 is 9.47 Å². The molecular weight excluding hydrogens is 352 g/mol. The molecule has 28 heavy (non-hydrogen) atoms. The molecule has 0 saturated heterocycles. The highest BCUT2D eigenvalue weighted by Gasteiger charge is 2.36. The molecule has 2 saturated carbocycles. The van der Waals surface area contributed by atoms with E-state index in [9.17, 15) is 9.59 Å². The van der Waals surface area contributed by atoms with Gasteiger partial charge in [-0.1, -0.05) is 48.0 Å². The van der Waals surface area contributed by atoms with E-state index in [4.69, 9.17) is 9.47 Å². The van der Waals surface area contributed by atoms with Crippen LogP contribution in [0.2, 0.25) is 0 Å². The molecule has 2 unspecified atom stereocenters. The highest BCUT2D eigenvalue weighted by atomic mass is 16.5. The van der Waals surface area contributed by atoms with Gasteiger partial charge in [-0.05, 0) is 61.7 Å². The lowest BCUT2D eigenvalue weighted by atomic mass is 9.71. The number of carbonyl (C=O) groups excluding carboxylic acids is 2. The molecule has 0 N–H and O–H groups in total. The Hall–Kier alpha value is -1.06. The number of hydrogen-bond acceptors (Lipinski definition) is 4. The fourth-order valence-electron chi connectivity index (χ4n) is 4.72. The quantitative estimate of drug-likeness (QED) is 0.513. The Morgan fingerprint density at radius 1 is 0.679 bits per heavy atom. The zero-order valence-electron chi connectivity index (χ0n) is 19.6. The topological polar surface area (TPSA) is 52.6 Å². The minimum absolute atomic E-state index is 0.133. The fraction of sp³-hybridized carbons (Fsp3) is 0.917. The highest BCUT2D eigenvalue weighted by Crippen LogP contribution is 2.40. The lowest BCUT2D eigenvalue weighted by Crippen LogP contribution is -2.37. The lowest BCUT2D eigenvalue weighted by Gasteiger charge is -2.39. The Morgan fingerprint density at radius 2 is 1.18 bits per heavy atom. The smallest absolute Gasteiger partial charge is 0.302 e. The number of ether oxygens (including phenoxy) is 2. The molecule has 0 aliphatic heterocycles. The van der Waals surface area contributed by atoms with E-state index < -0.39 is 0 Å². The van der Waals surface area contributed by atoms with Crippen molar-refractivity contribution in [2.75, 3.05) is 0 Å². The van der Waals surface area contributed by atoms with Crippen molar-refractivity contribution >= 4 is 11.9 Å². The van der Waals surface area contributed by atoms with E-state index in [1.54, 1.807) is 0 Å². The van der Waals surface area contributed by atoms with Gasteiger partial charge in [0.25, 0.3) is 0 Å². The van der Waals surface area contributed by atoms with E-state index in [1.807, 2.05) is 0 Å². The molecule has 0 spiro atoms. The Bertz CT molecular complexity index is 490. The van der Waals surface area contributed by atoms with Crippen LogP contribution in [0.25, 0.3) is 0 Å². The Labute approximate surface area is 173 Å². The summed E-state index contributed by atoms with van der Waals surface area (Å²) in [6.45, 7) is 16.6. The second kappa shape index (κ2) is 10.6. The second-order valence-corrected chi connectivity index (χ2v) is 10.9. The first-order valence-corrected chi connectivity index (χ1v) is 11.1. The maximum atomic E-state index is 11.0. The van der Waals surface area contributed by atoms with E-state index in [0.29, 0.717) is 11.3 Å². The Kier molecular flexibility index (Phi) is 9.49. The minimum Gasteiger partial charge on any atom is -0.463 e. The number of carbonyl (C=O) groups is 2. The third-order valence-corrected chi connectivity index (χ3v) is 6.36. The van der Waals surface area contributed by atoms with Gasteiger partial charge in [0.05, 0.1) is 0 Å². The minimum atomic E-state index is -0.135. The fourth-order valence-corrected chi connectivity index (χ4v) is 4.72. The molecule has 0 bridgehead atoms. The highest BCUT2D eigenvalue weighted by molar-refractivity contribution is 5.66. The molecule has 2 aliphatic rings. The molecule has 4 heteroatoms. The third-order valence-electron chi connectivity index (χ3n) is 6.36. The van der Waals surface area contributed by atoms with Crippen LogP contribution in [0.1, 0.15) is 107 Å². The first kappa shape index (κ1) is 25.0. The summed E-state index contributed by atoms with van der Waals surface area (Å²) in [6, 6.07) is 0. The van der Waals surface area contributed by atoms with Crippen molar-refractivity contribution in [3.05, 3.63) is 0 Å². The van der Waals surface area contributed by atoms with Crippen LogP contribution in [0.3, 0.4) is 0 Å². The predicted octanol–water partition coefficient (Wildman–Crippen LogP) is 6.31. The van der Waals surface area contributed by atoms with E-state index in [-0.39, 0.29) is 29.6 Å². The van der Waals surface area contributed by atoms with E-state index in [0.717, 1.165) is 25.2 Å². The molecule has 0 aromatic carbocycles. The normalized spacial score (nSPS) is 28.6. The first-order valence-electron chi connectivity index (χ1n) is 11.1. The molecule has 0 aromatic heterocycles. The Morgan fingerprint density at radius 3 is 1.61 bits per heavy atom. The van der Waals surface area contributed by atoms with Crippen LogP contribution in [0.15, 0.2) is 0 Å². The first-order chi connectivity index (χ1) is 12.8. The summed E-state index contributed by atoms with van der Waals surface area (Å²) in [4.78, 5) is 21.7. The molecule has 0 aromatic rings. The maximum absolute atomic E-state index is 11.0. The third kappa shape index (κ3) is 8.96. The Balaban J connectivity index is 0.000000280. The summed E-state index contributed by atoms with van der Waals surface area (Å²) in [5, 5.41) is 0. The lowest BCUT2D eigenvalue weighted by molar-refractivity contribution is -0.154. The number of esters is 2. The van der Waals surface area contributed by atoms with Crippen LogP contribution in [0.5, 0.6) is 0 Å². The predicted molar refractivity (Wildman–Crippen MR) is 114 cm³/mol. The maximum Gasteiger partial charge on any atom is 0.302 e. The van der Waals surface area contributed by atoms with Crippen LogP contribution in [0.4, 0.5) is 0 Å². The van der Waals surface area contributed by atoms with Crippen LogP contribution in [-0.2, 0) is 19.1 Å². The van der Waals surface area contributed by atoms with Crippen molar-refractivity contribution in [3.8, 4) is 0 Å². The number of rotatable bonds is 2. The largest absolute Gasteiger partial charge is 0.463 e. The van der Waals surface area contributed by atoms with Crippen molar-refractivity contribution in [1.29, 1.82) is 0 Å². The van der Waals surface area contributed by atoms with Crippen molar-refractivity contribution in [2.24, 2.45) is 22.7 Å². The second-order valence-electron chi connectivity index (χ2n) is 10.9. The summed E-state index contributed by atoms with van der Waals surface area (Å²) in [5.74, 6) is 1.05. The summed E-state index contributed by atoms with van der Waals surface area (Å²) in [6.07, 6.45) is 9.53. The SMILES string of the molecule is CC(=O)OC1CCC(C(C)(C)C)CC1.CC(=O)OC1CCCCC1C(C)(C)C. The van der Waals surface area contributed by atoms with Crippen molar-refractivity contribution in [1.82, 2.24) is 0 Å². The molecule has 2 rings (SSSR count). The molecular formula is C24H44O4. The number of hydrogen-bond donors (Lipinski definition) is 0. The van der Waals surface area contributed by atoms with Gasteiger partial charge in [-0.2, -0.15) is 0 Å². The van der Waals surface area contributed by atoms with Gasteiger partial charge >= 0.3 is 11.9 Å². The van der Waals surface area contributed by atoms with Gasteiger partial charge in [-0.15, -0.1) is 0 Å². The summed E-state index contributed by atoms with van der Waals surface area (Å²) in [5.41, 5.74) is 0.654. The summed E-state index contributed by atoms with van der Waals surface area (Å²) in [7, 11) is 0. The van der Waals surface area contributed by atoms with Gasteiger partial charge in [0.2, 0.25) is 0 Å². The summed E-state index contributed by atoms with van der Waals surface area (Å²) < 4.78 is 10.6. The molecule has 2 aliphatic carbocycles. The molecule has 2 fully saturated rings. The monoisotopic (exact) mass is 396 g/mol. The van der Waals surface area contributed by atoms with Gasteiger partial charge in [0.1, 0.15) is 12.2 Å². The van der Waals surface area contributed by atoms with E-state index >= 15 is 0 Å². The van der Waals surface area contributed by atoms with Gasteiger partial charge in [0.15, 0.2) is 0 Å². The van der Waals surface area contributed by atoms with Crippen molar-refractivity contribution < 1.29 is 19.1 Å². The zero-order chi connectivity index (χ0) is 21.5. The van der Waals surface area contributed by atoms with Crippen molar-refractivity contribution in [2.45, 2.75) is 119 Å². The van der Waals surface area contributed by atoms with Gasteiger partial charge in [-0.3, -0.25) is 9.59 Å². The molecule has 4 nitrogen and oxygen atoms in total. The van der Waals surface area contributed by atoms with Crippen molar-refractivity contribution in [3.63, 3.8) is 0 Å². The van der Waals surface area contributed by atoms with E-state index in [1.165, 1.54) is 46.0 Å². The van der Waals surface area contributed by atoms with Crippen LogP contribution in [-0.4, -0.2) is 24.1 Å². The molecule has 0 radical (unpaired) electrons. The standard InChI is InChI=1S/2C12H22O2/c1-9(13)14-11-7-5-10(6-8-11)12(2,3)4;1-9(13)14-11-8-6-5-7-10(11)12(2,3)4/h2*10-11H,5-8H2,1-4H3. The molecule has 0 heterocycles. The van der Waals surface area contributed by atoms with Gasteiger partial charge in [0, 0.05) is 19.8 Å². The molecule has 0 amide bonds. The van der Waals surface area contributed by atoms with Crippen LogP contribution < -0.4 is 0 Å². The van der Waals surface area contributed by atoms with Crippen LogP contribution in [0, 0.1) is 22.7 Å².